The molecular weight excluding hydrogens is 412 g/mol. The molecular formula is C23H22N4O3S. The molecule has 8 heteroatoms. The number of benzene rings is 2. The zero-order valence-electron chi connectivity index (χ0n) is 17.0. The van der Waals surface area contributed by atoms with Gasteiger partial charge in [0, 0.05) is 30.9 Å². The lowest BCUT2D eigenvalue weighted by Crippen LogP contribution is -2.30. The number of hydrogen-bond donors (Lipinski definition) is 1. The Labute approximate surface area is 183 Å². The van der Waals surface area contributed by atoms with E-state index in [1.54, 1.807) is 16.0 Å². The Hall–Kier alpha value is -3.52. The first-order valence-corrected chi connectivity index (χ1v) is 10.8. The molecule has 7 nitrogen and oxygen atoms in total. The van der Waals surface area contributed by atoms with Crippen molar-refractivity contribution in [2.45, 2.75) is 18.9 Å². The van der Waals surface area contributed by atoms with Gasteiger partial charge < -0.3 is 10.0 Å². The average Bonchev–Trinajstić information content (AvgIpc) is 3.52. The summed E-state index contributed by atoms with van der Waals surface area (Å²) in [4.78, 5) is 28.5. The summed E-state index contributed by atoms with van der Waals surface area (Å²) >= 11 is 1.70. The maximum Gasteiger partial charge on any atom is 0.290 e. The van der Waals surface area contributed by atoms with E-state index in [0.29, 0.717) is 0 Å². The highest BCUT2D eigenvalue weighted by Gasteiger charge is 2.32. The number of thiazole rings is 1. The number of nitrogens with zero attached hydrogens (tertiary/aromatic N) is 4. The minimum atomic E-state index is -0.250. The molecule has 1 N–H and O–H groups in total. The van der Waals surface area contributed by atoms with Gasteiger partial charge in [0.1, 0.15) is 5.01 Å². The predicted octanol–water partition coefficient (Wildman–Crippen LogP) is 4.37. The maximum absolute atomic E-state index is 13.3. The van der Waals surface area contributed by atoms with Crippen molar-refractivity contribution in [3.63, 3.8) is 0 Å². The van der Waals surface area contributed by atoms with E-state index >= 15 is 0 Å². The summed E-state index contributed by atoms with van der Waals surface area (Å²) < 4.78 is 2.95. The minimum Gasteiger partial charge on any atom is -0.483 e. The monoisotopic (exact) mass is 434 g/mol. The number of aryl methyl sites for hydroxylation is 1. The highest BCUT2D eigenvalue weighted by atomic mass is 32.1. The molecule has 2 aromatic carbocycles. The van der Waals surface area contributed by atoms with Crippen molar-refractivity contribution in [2.75, 3.05) is 6.54 Å². The van der Waals surface area contributed by atoms with Crippen molar-refractivity contribution in [3.8, 4) is 11.1 Å². The van der Waals surface area contributed by atoms with E-state index in [1.807, 2.05) is 66.8 Å². The van der Waals surface area contributed by atoms with E-state index in [9.17, 15) is 4.79 Å². The van der Waals surface area contributed by atoms with Crippen LogP contribution in [0.4, 0.5) is 0 Å². The summed E-state index contributed by atoms with van der Waals surface area (Å²) in [6.07, 6.45) is 5.76. The molecule has 0 radical (unpaired) electrons. The van der Waals surface area contributed by atoms with Gasteiger partial charge in [0.25, 0.3) is 12.4 Å². The number of carbonyl (C=O) groups excluding carboxylic acids is 1. The molecule has 1 aliphatic rings. The fraction of sp³-hybridized carbons (Fsp3) is 0.217. The number of rotatable bonds is 3. The molecule has 31 heavy (non-hydrogen) atoms. The Morgan fingerprint density at radius 3 is 2.74 bits per heavy atom. The second kappa shape index (κ2) is 9.09. The number of aromatic nitrogens is 3. The largest absolute Gasteiger partial charge is 0.483 e. The van der Waals surface area contributed by atoms with Crippen molar-refractivity contribution in [2.24, 2.45) is 7.05 Å². The van der Waals surface area contributed by atoms with E-state index in [0.717, 1.165) is 46.6 Å². The first kappa shape index (κ1) is 20.7. The van der Waals surface area contributed by atoms with Crippen molar-refractivity contribution in [1.29, 1.82) is 0 Å². The predicted molar refractivity (Wildman–Crippen MR) is 120 cm³/mol. The van der Waals surface area contributed by atoms with Crippen LogP contribution in [0.15, 0.2) is 60.9 Å². The van der Waals surface area contributed by atoms with E-state index in [4.69, 9.17) is 14.9 Å². The van der Waals surface area contributed by atoms with Crippen molar-refractivity contribution >= 4 is 33.9 Å². The molecule has 0 aliphatic carbocycles. The van der Waals surface area contributed by atoms with Crippen LogP contribution in [0.5, 0.6) is 0 Å². The number of hydrogen-bond acceptors (Lipinski definition) is 5. The van der Waals surface area contributed by atoms with E-state index in [-0.39, 0.29) is 18.4 Å². The highest BCUT2D eigenvalue weighted by molar-refractivity contribution is 7.18. The SMILES string of the molecule is Cn1cc(-c2cccc(C(=O)N3CCCC3c3nc4ccccc4s3)c2)cn1.O=CO. The molecule has 0 bridgehead atoms. The van der Waals surface area contributed by atoms with Crippen LogP contribution in [0.3, 0.4) is 0 Å². The van der Waals surface area contributed by atoms with E-state index < -0.39 is 0 Å². The summed E-state index contributed by atoms with van der Waals surface area (Å²) in [6.45, 7) is 0.524. The molecule has 2 aromatic heterocycles. The third-order valence-corrected chi connectivity index (χ3v) is 6.39. The van der Waals surface area contributed by atoms with Gasteiger partial charge in [-0.3, -0.25) is 14.3 Å². The fourth-order valence-corrected chi connectivity index (χ4v) is 4.98. The van der Waals surface area contributed by atoms with Gasteiger partial charge in [0.15, 0.2) is 0 Å². The molecule has 4 aromatic rings. The average molecular weight is 435 g/mol. The topological polar surface area (TPSA) is 88.3 Å². The second-order valence-corrected chi connectivity index (χ2v) is 8.33. The normalized spacial score (nSPS) is 15.5. The second-order valence-electron chi connectivity index (χ2n) is 7.27. The first-order chi connectivity index (χ1) is 15.1. The summed E-state index contributed by atoms with van der Waals surface area (Å²) in [5, 5.41) is 12.2. The smallest absolute Gasteiger partial charge is 0.290 e. The third kappa shape index (κ3) is 4.34. The number of carbonyl (C=O) groups is 2. The van der Waals surface area contributed by atoms with Crippen LogP contribution in [0.2, 0.25) is 0 Å². The quantitative estimate of drug-likeness (QED) is 0.484. The van der Waals surface area contributed by atoms with Gasteiger partial charge in [-0.15, -0.1) is 11.3 Å². The molecule has 1 saturated heterocycles. The summed E-state index contributed by atoms with van der Waals surface area (Å²) in [7, 11) is 1.89. The van der Waals surface area contributed by atoms with E-state index in [2.05, 4.69) is 11.2 Å². The molecule has 1 amide bonds. The Bertz CT molecular complexity index is 1180. The lowest BCUT2D eigenvalue weighted by atomic mass is 10.1. The third-order valence-electron chi connectivity index (χ3n) is 5.26. The molecule has 1 unspecified atom stereocenters. The number of para-hydroxylation sites is 1. The summed E-state index contributed by atoms with van der Waals surface area (Å²) in [5.74, 6) is 0.0764. The van der Waals surface area contributed by atoms with Gasteiger partial charge in [0.05, 0.1) is 22.5 Å². The fourth-order valence-electron chi connectivity index (χ4n) is 3.87. The first-order valence-electron chi connectivity index (χ1n) is 9.94. The molecule has 3 heterocycles. The van der Waals surface area contributed by atoms with Crippen molar-refractivity contribution in [1.82, 2.24) is 19.7 Å². The van der Waals surface area contributed by atoms with Gasteiger partial charge in [-0.1, -0.05) is 24.3 Å². The zero-order chi connectivity index (χ0) is 21.8. The Kier molecular flexibility index (Phi) is 6.08. The molecule has 1 aliphatic heterocycles. The summed E-state index contributed by atoms with van der Waals surface area (Å²) in [5.41, 5.74) is 3.76. The molecule has 1 fully saturated rings. The van der Waals surface area contributed by atoms with Crippen LogP contribution in [0.1, 0.15) is 34.2 Å². The zero-order valence-corrected chi connectivity index (χ0v) is 17.8. The molecule has 1 atom stereocenters. The highest BCUT2D eigenvalue weighted by Crippen LogP contribution is 2.37. The van der Waals surface area contributed by atoms with Gasteiger partial charge in [0.2, 0.25) is 0 Å². The molecule has 0 spiro atoms. The van der Waals surface area contributed by atoms with Crippen LogP contribution < -0.4 is 0 Å². The van der Waals surface area contributed by atoms with Crippen molar-refractivity contribution in [3.05, 3.63) is 71.5 Å². The maximum atomic E-state index is 13.3. The number of likely N-dealkylation sites (tertiary alicyclic amines) is 1. The number of amides is 1. The minimum absolute atomic E-state index is 0.0620. The van der Waals surface area contributed by atoms with E-state index in [1.165, 1.54) is 4.70 Å². The van der Waals surface area contributed by atoms with Crippen LogP contribution in [0, 0.1) is 0 Å². The standard InChI is InChI=1S/C22H20N4OS.CH2O2/c1-25-14-17(13-23-25)15-6-4-7-16(12-15)22(27)26-11-5-9-19(26)21-24-18-8-2-3-10-20(18)28-21;2-1-3/h2-4,6-8,10,12-14,19H,5,9,11H2,1H3;1H,(H,2,3). The number of carboxylic acid groups (broad SMARTS) is 1. The van der Waals surface area contributed by atoms with Crippen LogP contribution in [0.25, 0.3) is 21.3 Å². The molecule has 158 valence electrons. The molecule has 5 rings (SSSR count). The van der Waals surface area contributed by atoms with Crippen molar-refractivity contribution < 1.29 is 14.7 Å². The van der Waals surface area contributed by atoms with Gasteiger partial charge >= 0.3 is 0 Å². The van der Waals surface area contributed by atoms with Crippen LogP contribution in [-0.2, 0) is 11.8 Å². The van der Waals surface area contributed by atoms with Crippen LogP contribution in [-0.4, -0.2) is 43.7 Å². The van der Waals surface area contributed by atoms with Gasteiger partial charge in [-0.2, -0.15) is 5.10 Å². The van der Waals surface area contributed by atoms with Crippen LogP contribution >= 0.6 is 11.3 Å². The summed E-state index contributed by atoms with van der Waals surface area (Å²) in [6, 6.07) is 16.1. The Balaban J connectivity index is 0.000000730. The molecule has 0 saturated carbocycles. The van der Waals surface area contributed by atoms with Gasteiger partial charge in [-0.25, -0.2) is 4.98 Å². The Morgan fingerprint density at radius 1 is 1.19 bits per heavy atom. The lowest BCUT2D eigenvalue weighted by molar-refractivity contribution is -0.122. The lowest BCUT2D eigenvalue weighted by Gasteiger charge is -2.23. The Morgan fingerprint density at radius 2 is 2.00 bits per heavy atom. The number of fused-ring (bicyclic) bond motifs is 1. The van der Waals surface area contributed by atoms with Gasteiger partial charge in [-0.05, 0) is 42.7 Å².